The molecule has 3 rings (SSSR count). The Morgan fingerprint density at radius 2 is 1.65 bits per heavy atom. The number of nitrogens with one attached hydrogen (secondary N) is 1. The first kappa shape index (κ1) is 21.6. The number of hydrogen-bond acceptors (Lipinski definition) is 6. The summed E-state index contributed by atoms with van der Waals surface area (Å²) in [6, 6.07) is 18.1. The van der Waals surface area contributed by atoms with Gasteiger partial charge in [-0.1, -0.05) is 42.5 Å². The minimum Gasteiger partial charge on any atom is -0.508 e. The van der Waals surface area contributed by atoms with E-state index in [-0.39, 0.29) is 35.7 Å². The van der Waals surface area contributed by atoms with Crippen molar-refractivity contribution < 1.29 is 29.3 Å². The predicted octanol–water partition coefficient (Wildman–Crippen LogP) is 2.99. The molecule has 1 amide bonds. The molecule has 158 valence electrons. The maximum absolute atomic E-state index is 12.8. The zero-order valence-corrected chi connectivity index (χ0v) is 16.5. The fraction of sp³-hybridized carbons (Fsp3) is 0.125. The molecule has 0 aromatic heterocycles. The Bertz CT molecular complexity index is 1060. The number of aromatic hydroxyl groups is 2. The highest BCUT2D eigenvalue weighted by Gasteiger charge is 2.25. The van der Waals surface area contributed by atoms with E-state index in [0.717, 1.165) is 5.56 Å². The Morgan fingerprint density at radius 1 is 0.935 bits per heavy atom. The molecule has 0 bridgehead atoms. The molecular formula is C24H21NO6. The number of carbonyl (C=O) groups excluding carboxylic acids is 3. The van der Waals surface area contributed by atoms with Crippen LogP contribution in [0.15, 0.2) is 72.8 Å². The van der Waals surface area contributed by atoms with E-state index in [1.165, 1.54) is 30.3 Å². The van der Waals surface area contributed by atoms with E-state index in [9.17, 15) is 24.6 Å². The largest absolute Gasteiger partial charge is 0.508 e. The van der Waals surface area contributed by atoms with Crippen LogP contribution in [0.2, 0.25) is 0 Å². The van der Waals surface area contributed by atoms with Crippen LogP contribution >= 0.6 is 0 Å². The second-order valence-electron chi connectivity index (χ2n) is 6.88. The van der Waals surface area contributed by atoms with Crippen LogP contribution in [0.1, 0.15) is 31.8 Å². The standard InChI is InChI=1S/C24H21NO6/c26-14-18-8-11-22(28)20(12-18)23(29)25-21(13-16-6-9-19(27)10-7-16)24(30)31-15-17-4-2-1-3-5-17/h1-12,14,21,27-28H,13,15H2,(H,25,29)/t21-/m0/s1. The van der Waals surface area contributed by atoms with Crippen molar-refractivity contribution in [3.63, 3.8) is 0 Å². The average molecular weight is 419 g/mol. The van der Waals surface area contributed by atoms with Crippen molar-refractivity contribution >= 4 is 18.2 Å². The van der Waals surface area contributed by atoms with Crippen molar-refractivity contribution in [2.45, 2.75) is 19.1 Å². The van der Waals surface area contributed by atoms with Crippen LogP contribution in [-0.2, 0) is 22.6 Å². The number of ether oxygens (including phenoxy) is 1. The Balaban J connectivity index is 1.78. The van der Waals surface area contributed by atoms with Crippen LogP contribution in [0.3, 0.4) is 0 Å². The van der Waals surface area contributed by atoms with E-state index in [2.05, 4.69) is 5.32 Å². The summed E-state index contributed by atoms with van der Waals surface area (Å²) in [5.41, 5.74) is 1.56. The SMILES string of the molecule is O=Cc1ccc(O)c(C(=O)N[C@@H](Cc2ccc(O)cc2)C(=O)OCc2ccccc2)c1. The Hall–Kier alpha value is -4.13. The van der Waals surface area contributed by atoms with Crippen LogP contribution in [0.5, 0.6) is 11.5 Å². The molecule has 31 heavy (non-hydrogen) atoms. The lowest BCUT2D eigenvalue weighted by atomic mass is 10.0. The lowest BCUT2D eigenvalue weighted by molar-refractivity contribution is -0.147. The fourth-order valence-electron chi connectivity index (χ4n) is 2.94. The number of hydrogen-bond donors (Lipinski definition) is 3. The quantitative estimate of drug-likeness (QED) is 0.382. The molecule has 0 radical (unpaired) electrons. The van der Waals surface area contributed by atoms with Crippen LogP contribution in [0, 0.1) is 0 Å². The molecule has 0 heterocycles. The molecule has 3 N–H and O–H groups in total. The molecule has 0 saturated carbocycles. The van der Waals surface area contributed by atoms with Crippen molar-refractivity contribution in [1.29, 1.82) is 0 Å². The van der Waals surface area contributed by atoms with Gasteiger partial charge >= 0.3 is 5.97 Å². The Kier molecular flexibility index (Phi) is 7.01. The van der Waals surface area contributed by atoms with Crippen molar-refractivity contribution in [3.05, 3.63) is 95.1 Å². The van der Waals surface area contributed by atoms with Crippen molar-refractivity contribution in [2.24, 2.45) is 0 Å². The predicted molar refractivity (Wildman–Crippen MR) is 113 cm³/mol. The number of aldehydes is 1. The number of phenolic OH excluding ortho intramolecular Hbond substituents is 2. The average Bonchev–Trinajstić information content (AvgIpc) is 2.79. The summed E-state index contributed by atoms with van der Waals surface area (Å²) in [5.74, 6) is -1.62. The van der Waals surface area contributed by atoms with Crippen LogP contribution in [-0.4, -0.2) is 34.4 Å². The van der Waals surface area contributed by atoms with Crippen molar-refractivity contribution in [1.82, 2.24) is 5.32 Å². The third kappa shape index (κ3) is 5.93. The maximum Gasteiger partial charge on any atom is 0.329 e. The summed E-state index contributed by atoms with van der Waals surface area (Å²) in [6.07, 6.45) is 0.659. The Morgan fingerprint density at radius 3 is 2.32 bits per heavy atom. The van der Waals surface area contributed by atoms with Gasteiger partial charge in [-0.15, -0.1) is 0 Å². The number of esters is 1. The van der Waals surface area contributed by atoms with Gasteiger partial charge in [-0.05, 0) is 41.5 Å². The number of benzene rings is 3. The molecule has 0 spiro atoms. The van der Waals surface area contributed by atoms with Gasteiger partial charge in [-0.3, -0.25) is 9.59 Å². The second-order valence-corrected chi connectivity index (χ2v) is 6.88. The van der Waals surface area contributed by atoms with Gasteiger partial charge in [0.25, 0.3) is 5.91 Å². The maximum atomic E-state index is 12.8. The van der Waals surface area contributed by atoms with E-state index >= 15 is 0 Å². The summed E-state index contributed by atoms with van der Waals surface area (Å²) in [7, 11) is 0. The van der Waals surface area contributed by atoms with Crippen molar-refractivity contribution in [3.8, 4) is 11.5 Å². The molecule has 7 nitrogen and oxygen atoms in total. The van der Waals surface area contributed by atoms with Crippen LogP contribution in [0.25, 0.3) is 0 Å². The molecule has 3 aromatic rings. The smallest absolute Gasteiger partial charge is 0.329 e. The highest BCUT2D eigenvalue weighted by molar-refractivity contribution is 6.00. The highest BCUT2D eigenvalue weighted by Crippen LogP contribution is 2.19. The second kappa shape index (κ2) is 10.1. The van der Waals surface area contributed by atoms with E-state index < -0.39 is 17.9 Å². The van der Waals surface area contributed by atoms with Crippen LogP contribution in [0.4, 0.5) is 0 Å². The van der Waals surface area contributed by atoms with Gasteiger partial charge in [0.2, 0.25) is 0 Å². The lowest BCUT2D eigenvalue weighted by Gasteiger charge is -2.18. The van der Waals surface area contributed by atoms with Gasteiger partial charge in [0.15, 0.2) is 0 Å². The number of amides is 1. The van der Waals surface area contributed by atoms with Crippen LogP contribution < -0.4 is 5.32 Å². The fourth-order valence-corrected chi connectivity index (χ4v) is 2.94. The van der Waals surface area contributed by atoms with Gasteiger partial charge in [0.05, 0.1) is 5.56 Å². The number of rotatable bonds is 8. The van der Waals surface area contributed by atoms with Gasteiger partial charge in [-0.2, -0.15) is 0 Å². The molecule has 0 fully saturated rings. The first-order valence-corrected chi connectivity index (χ1v) is 9.54. The molecule has 0 saturated heterocycles. The molecule has 0 aliphatic heterocycles. The minimum atomic E-state index is -1.06. The molecule has 0 aliphatic rings. The normalized spacial score (nSPS) is 11.4. The molecule has 1 atom stereocenters. The third-order valence-electron chi connectivity index (χ3n) is 4.59. The van der Waals surface area contributed by atoms with Gasteiger partial charge in [-0.25, -0.2) is 4.79 Å². The summed E-state index contributed by atoms with van der Waals surface area (Å²) >= 11 is 0. The van der Waals surface area contributed by atoms with Gasteiger partial charge in [0.1, 0.15) is 30.4 Å². The zero-order chi connectivity index (χ0) is 22.2. The van der Waals surface area contributed by atoms with Gasteiger partial charge in [0, 0.05) is 12.0 Å². The molecule has 0 unspecified atom stereocenters. The van der Waals surface area contributed by atoms with E-state index in [4.69, 9.17) is 4.74 Å². The molecular weight excluding hydrogens is 398 g/mol. The van der Waals surface area contributed by atoms with E-state index in [1.54, 1.807) is 12.1 Å². The van der Waals surface area contributed by atoms with Crippen molar-refractivity contribution in [2.75, 3.05) is 0 Å². The lowest BCUT2D eigenvalue weighted by Crippen LogP contribution is -2.43. The zero-order valence-electron chi connectivity index (χ0n) is 16.5. The van der Waals surface area contributed by atoms with E-state index in [0.29, 0.717) is 11.8 Å². The third-order valence-corrected chi connectivity index (χ3v) is 4.59. The first-order valence-electron chi connectivity index (χ1n) is 9.54. The molecule has 3 aromatic carbocycles. The first-order chi connectivity index (χ1) is 15.0. The summed E-state index contributed by atoms with van der Waals surface area (Å²) in [5, 5.41) is 22.0. The van der Waals surface area contributed by atoms with E-state index in [1.807, 2.05) is 30.3 Å². The number of carbonyl (C=O) groups is 3. The topological polar surface area (TPSA) is 113 Å². The summed E-state index contributed by atoms with van der Waals surface area (Å²) in [4.78, 5) is 36.5. The van der Waals surface area contributed by atoms with Gasteiger partial charge < -0.3 is 20.3 Å². The summed E-state index contributed by atoms with van der Waals surface area (Å²) in [6.45, 7) is 0.0352. The number of phenols is 2. The molecule has 7 heteroatoms. The molecule has 0 aliphatic carbocycles. The minimum absolute atomic E-state index is 0.0352. The highest BCUT2D eigenvalue weighted by atomic mass is 16.5. The summed E-state index contributed by atoms with van der Waals surface area (Å²) < 4.78 is 5.38. The monoisotopic (exact) mass is 419 g/mol. The Labute approximate surface area is 178 Å².